The quantitative estimate of drug-likeness (QED) is 0.848. The lowest BCUT2D eigenvalue weighted by atomic mass is 10.00. The first-order valence-corrected chi connectivity index (χ1v) is 5.04. The summed E-state index contributed by atoms with van der Waals surface area (Å²) < 4.78 is 44.3. The third-order valence-corrected chi connectivity index (χ3v) is 2.66. The van der Waals surface area contributed by atoms with E-state index in [1.807, 2.05) is 5.32 Å². The fourth-order valence-electron chi connectivity index (χ4n) is 1.53. The van der Waals surface area contributed by atoms with Gasteiger partial charge in [-0.3, -0.25) is 0 Å². The van der Waals surface area contributed by atoms with Gasteiger partial charge in [-0.05, 0) is 17.7 Å². The molecule has 1 aliphatic rings. The Bertz CT molecular complexity index is 467. The van der Waals surface area contributed by atoms with E-state index in [1.165, 1.54) is 6.07 Å². The molecule has 1 aliphatic heterocycles. The van der Waals surface area contributed by atoms with Gasteiger partial charge in [0, 0.05) is 0 Å². The van der Waals surface area contributed by atoms with Crippen LogP contribution in [0, 0.1) is 5.82 Å². The summed E-state index contributed by atoms with van der Waals surface area (Å²) in [7, 11) is 0. The van der Waals surface area contributed by atoms with Gasteiger partial charge < -0.3 is 10.1 Å². The van der Waals surface area contributed by atoms with Gasteiger partial charge in [0.25, 0.3) is 0 Å². The molecule has 1 heterocycles. The van der Waals surface area contributed by atoms with Crippen LogP contribution < -0.4 is 5.32 Å². The Labute approximate surface area is 99.5 Å². The summed E-state index contributed by atoms with van der Waals surface area (Å²) in [6, 6.07) is 1.64. The second-order valence-corrected chi connectivity index (χ2v) is 4.00. The number of amides is 1. The zero-order chi connectivity index (χ0) is 12.6. The van der Waals surface area contributed by atoms with Crippen LogP contribution in [0.15, 0.2) is 18.2 Å². The van der Waals surface area contributed by atoms with E-state index in [1.54, 1.807) is 0 Å². The Morgan fingerprint density at radius 3 is 2.82 bits per heavy atom. The third-order valence-electron chi connectivity index (χ3n) is 2.36. The molecule has 92 valence electrons. The van der Waals surface area contributed by atoms with Gasteiger partial charge in [-0.1, -0.05) is 17.7 Å². The molecule has 3 nitrogen and oxygen atoms in total. The molecule has 0 aliphatic carbocycles. The minimum absolute atomic E-state index is 0.0615. The minimum atomic E-state index is -3.30. The number of ether oxygens (including phenoxy) is 1. The van der Waals surface area contributed by atoms with E-state index in [0.29, 0.717) is 0 Å². The minimum Gasteiger partial charge on any atom is -0.443 e. The highest BCUT2D eigenvalue weighted by Crippen LogP contribution is 2.35. The molecular formula is C10H7ClF3NO2. The standard InChI is InChI=1S/C10H7ClF3NO2/c11-6-2-1-5(3-7(6)12)8-10(13,14)4-17-9(16)15-8/h1-3,8H,4H2,(H,15,16)/t8-/m1/s1. The Balaban J connectivity index is 2.36. The van der Waals surface area contributed by atoms with Crippen molar-refractivity contribution in [3.63, 3.8) is 0 Å². The zero-order valence-electron chi connectivity index (χ0n) is 8.34. The van der Waals surface area contributed by atoms with Gasteiger partial charge >= 0.3 is 12.0 Å². The molecule has 0 aromatic heterocycles. The Hall–Kier alpha value is -1.43. The van der Waals surface area contributed by atoms with E-state index in [9.17, 15) is 18.0 Å². The molecule has 1 saturated heterocycles. The second kappa shape index (κ2) is 4.10. The Morgan fingerprint density at radius 2 is 2.18 bits per heavy atom. The highest BCUT2D eigenvalue weighted by molar-refractivity contribution is 6.30. The monoisotopic (exact) mass is 265 g/mol. The van der Waals surface area contributed by atoms with E-state index in [-0.39, 0.29) is 10.6 Å². The molecule has 1 amide bonds. The molecule has 0 radical (unpaired) electrons. The van der Waals surface area contributed by atoms with Crippen LogP contribution in [0.4, 0.5) is 18.0 Å². The lowest BCUT2D eigenvalue weighted by molar-refractivity contribution is -0.104. The number of cyclic esters (lactones) is 1. The van der Waals surface area contributed by atoms with Crippen LogP contribution in [-0.4, -0.2) is 18.6 Å². The molecule has 0 unspecified atom stereocenters. The van der Waals surface area contributed by atoms with Crippen molar-refractivity contribution in [3.05, 3.63) is 34.6 Å². The van der Waals surface area contributed by atoms with Crippen LogP contribution in [0.2, 0.25) is 5.02 Å². The predicted molar refractivity (Wildman–Crippen MR) is 53.6 cm³/mol. The Morgan fingerprint density at radius 1 is 1.47 bits per heavy atom. The van der Waals surface area contributed by atoms with Crippen molar-refractivity contribution in [1.29, 1.82) is 0 Å². The molecule has 17 heavy (non-hydrogen) atoms. The van der Waals surface area contributed by atoms with E-state index in [4.69, 9.17) is 11.6 Å². The average Bonchev–Trinajstić information content (AvgIpc) is 2.26. The fourth-order valence-corrected chi connectivity index (χ4v) is 1.65. The molecule has 1 aromatic carbocycles. The van der Waals surface area contributed by atoms with E-state index < -0.39 is 30.5 Å². The smallest absolute Gasteiger partial charge is 0.408 e. The second-order valence-electron chi connectivity index (χ2n) is 3.59. The highest BCUT2D eigenvalue weighted by Gasteiger charge is 2.46. The summed E-state index contributed by atoms with van der Waals surface area (Å²) >= 11 is 5.44. The normalized spacial score (nSPS) is 22.8. The number of alkyl carbamates (subject to hydrolysis) is 1. The number of alkyl halides is 2. The van der Waals surface area contributed by atoms with Crippen LogP contribution >= 0.6 is 11.6 Å². The molecule has 0 saturated carbocycles. The molecule has 7 heteroatoms. The summed E-state index contributed by atoms with van der Waals surface area (Å²) in [5.74, 6) is -4.12. The molecule has 0 spiro atoms. The zero-order valence-corrected chi connectivity index (χ0v) is 9.10. The molecular weight excluding hydrogens is 259 g/mol. The van der Waals surface area contributed by atoms with E-state index in [2.05, 4.69) is 4.74 Å². The maximum absolute atomic E-state index is 13.5. The van der Waals surface area contributed by atoms with E-state index >= 15 is 0 Å². The number of benzene rings is 1. The number of carbonyl (C=O) groups excluding carboxylic acids is 1. The van der Waals surface area contributed by atoms with Crippen molar-refractivity contribution < 1.29 is 22.7 Å². The molecule has 0 bridgehead atoms. The van der Waals surface area contributed by atoms with Crippen LogP contribution in [0.3, 0.4) is 0 Å². The summed E-state index contributed by atoms with van der Waals surface area (Å²) in [6.07, 6.45) is -0.962. The van der Waals surface area contributed by atoms with Crippen molar-refractivity contribution in [2.75, 3.05) is 6.61 Å². The summed E-state index contributed by atoms with van der Waals surface area (Å²) in [4.78, 5) is 10.9. The number of hydrogen-bond acceptors (Lipinski definition) is 2. The molecule has 1 aromatic rings. The van der Waals surface area contributed by atoms with Crippen LogP contribution in [-0.2, 0) is 4.74 Å². The van der Waals surface area contributed by atoms with Crippen LogP contribution in [0.25, 0.3) is 0 Å². The Kier molecular flexibility index (Phi) is 2.91. The summed E-state index contributed by atoms with van der Waals surface area (Å²) in [5.41, 5.74) is -0.0615. The van der Waals surface area contributed by atoms with Crippen molar-refractivity contribution >= 4 is 17.7 Å². The van der Waals surface area contributed by atoms with Gasteiger partial charge in [-0.25, -0.2) is 18.0 Å². The first-order valence-electron chi connectivity index (χ1n) is 4.66. The van der Waals surface area contributed by atoms with Gasteiger partial charge in [-0.15, -0.1) is 0 Å². The van der Waals surface area contributed by atoms with Gasteiger partial charge in [0.15, 0.2) is 6.61 Å². The largest absolute Gasteiger partial charge is 0.443 e. The summed E-state index contributed by atoms with van der Waals surface area (Å²) in [5, 5.41) is 1.78. The topological polar surface area (TPSA) is 38.3 Å². The number of hydrogen-bond donors (Lipinski definition) is 1. The maximum atomic E-state index is 13.5. The van der Waals surface area contributed by atoms with Crippen molar-refractivity contribution in [3.8, 4) is 0 Å². The molecule has 2 rings (SSSR count). The molecule has 1 fully saturated rings. The lowest BCUT2D eigenvalue weighted by Gasteiger charge is -2.31. The van der Waals surface area contributed by atoms with Crippen molar-refractivity contribution in [1.82, 2.24) is 5.32 Å². The average molecular weight is 266 g/mol. The highest BCUT2D eigenvalue weighted by atomic mass is 35.5. The predicted octanol–water partition coefficient (Wildman–Crippen LogP) is 2.90. The number of halogens is 4. The first-order chi connectivity index (χ1) is 7.90. The van der Waals surface area contributed by atoms with Gasteiger partial charge in [0.1, 0.15) is 11.9 Å². The SMILES string of the molecule is O=C1N[C@H](c2ccc(Cl)c(F)c2)C(F)(F)CO1. The fraction of sp³-hybridized carbons (Fsp3) is 0.300. The molecule has 1 N–H and O–H groups in total. The van der Waals surface area contributed by atoms with Gasteiger partial charge in [0.05, 0.1) is 5.02 Å². The van der Waals surface area contributed by atoms with Gasteiger partial charge in [-0.2, -0.15) is 0 Å². The lowest BCUT2D eigenvalue weighted by Crippen LogP contribution is -2.49. The van der Waals surface area contributed by atoms with Crippen molar-refractivity contribution in [2.24, 2.45) is 0 Å². The maximum Gasteiger partial charge on any atom is 0.408 e. The summed E-state index contributed by atoms with van der Waals surface area (Å²) in [6.45, 7) is -1.03. The van der Waals surface area contributed by atoms with Gasteiger partial charge in [0.2, 0.25) is 0 Å². The van der Waals surface area contributed by atoms with E-state index in [0.717, 1.165) is 12.1 Å². The van der Waals surface area contributed by atoms with Crippen LogP contribution in [0.5, 0.6) is 0 Å². The van der Waals surface area contributed by atoms with Crippen LogP contribution in [0.1, 0.15) is 11.6 Å². The molecule has 1 atom stereocenters. The first kappa shape index (κ1) is 12.0. The number of rotatable bonds is 1. The van der Waals surface area contributed by atoms with Crippen molar-refractivity contribution in [2.45, 2.75) is 12.0 Å². The number of nitrogens with one attached hydrogen (secondary N) is 1. The number of carbonyl (C=O) groups is 1. The third kappa shape index (κ3) is 2.31.